The minimum Gasteiger partial charge on any atom is -0.392 e. The van der Waals surface area contributed by atoms with Gasteiger partial charge in [0, 0.05) is 30.1 Å². The van der Waals surface area contributed by atoms with E-state index in [4.69, 9.17) is 9.47 Å². The average Bonchev–Trinajstić information content (AvgIpc) is 3.01. The van der Waals surface area contributed by atoms with E-state index >= 15 is 0 Å². The molecule has 6 fully saturated rings. The summed E-state index contributed by atoms with van der Waals surface area (Å²) in [6.07, 6.45) is 13.6. The third-order valence-electron chi connectivity index (χ3n) is 11.6. The van der Waals surface area contributed by atoms with Crippen LogP contribution in [0.25, 0.3) is 0 Å². The van der Waals surface area contributed by atoms with Gasteiger partial charge in [0.1, 0.15) is 0 Å². The van der Waals surface area contributed by atoms with E-state index in [9.17, 15) is 9.90 Å². The van der Waals surface area contributed by atoms with Gasteiger partial charge < -0.3 is 30.1 Å². The zero-order valence-electron chi connectivity index (χ0n) is 27.1. The van der Waals surface area contributed by atoms with Gasteiger partial charge in [-0.1, -0.05) is 74.7 Å². The molecular formula is C38H53N3O4. The van der Waals surface area contributed by atoms with E-state index in [1.807, 2.05) is 12.1 Å². The number of nitrogens with one attached hydrogen (secondary N) is 2. The predicted octanol–water partition coefficient (Wildman–Crippen LogP) is 7.00. The fourth-order valence-electron chi connectivity index (χ4n) is 9.60. The van der Waals surface area contributed by atoms with Crippen LogP contribution in [-0.2, 0) is 22.6 Å². The number of carbonyl (C=O) groups excluding carboxylic acids is 1. The fraction of sp³-hybridized carbons (Fsp3) is 0.658. The summed E-state index contributed by atoms with van der Waals surface area (Å²) in [5.41, 5.74) is 4.11. The minimum atomic E-state index is -0.468. The number of benzene rings is 2. The molecule has 2 saturated heterocycles. The number of aliphatic hydroxyl groups excluding tert-OH is 1. The molecule has 0 spiro atoms. The molecule has 4 bridgehead atoms. The van der Waals surface area contributed by atoms with Gasteiger partial charge in [-0.25, -0.2) is 4.79 Å². The number of rotatable bonds is 8. The number of ether oxygens (including phenoxy) is 2. The van der Waals surface area contributed by atoms with Crippen molar-refractivity contribution in [2.24, 2.45) is 23.7 Å². The summed E-state index contributed by atoms with van der Waals surface area (Å²) >= 11 is 0. The Labute approximate surface area is 269 Å². The maximum atomic E-state index is 13.0. The summed E-state index contributed by atoms with van der Waals surface area (Å²) < 4.78 is 13.4. The first-order valence-electron chi connectivity index (χ1n) is 17.8. The van der Waals surface area contributed by atoms with Crippen molar-refractivity contribution in [3.8, 4) is 0 Å². The van der Waals surface area contributed by atoms with Crippen molar-refractivity contribution in [2.75, 3.05) is 19.6 Å². The molecule has 2 aliphatic heterocycles. The summed E-state index contributed by atoms with van der Waals surface area (Å²) in [6.45, 7) is 5.96. The van der Waals surface area contributed by atoms with Gasteiger partial charge in [0.05, 0.1) is 18.8 Å². The third kappa shape index (κ3) is 7.27. The Hall–Kier alpha value is -2.45. The van der Waals surface area contributed by atoms with Gasteiger partial charge in [-0.05, 0) is 98.9 Å². The van der Waals surface area contributed by atoms with Gasteiger partial charge in [0.25, 0.3) is 0 Å². The van der Waals surface area contributed by atoms with Crippen LogP contribution in [0.3, 0.4) is 0 Å². The monoisotopic (exact) mass is 615 g/mol. The number of nitrogens with zero attached hydrogens (tertiary/aromatic N) is 1. The molecule has 3 N–H and O–H groups in total. The molecule has 6 aliphatic rings. The molecule has 45 heavy (non-hydrogen) atoms. The zero-order chi connectivity index (χ0) is 30.8. The number of carbonyl (C=O) groups is 1. The molecule has 8 rings (SSSR count). The van der Waals surface area contributed by atoms with Crippen LogP contribution in [-0.4, -0.2) is 47.3 Å². The minimum absolute atomic E-state index is 0.0214. The first kappa shape index (κ1) is 31.2. The zero-order valence-corrected chi connectivity index (χ0v) is 27.1. The van der Waals surface area contributed by atoms with Crippen LogP contribution < -0.4 is 10.6 Å². The van der Waals surface area contributed by atoms with Crippen molar-refractivity contribution in [1.82, 2.24) is 15.5 Å². The largest absolute Gasteiger partial charge is 0.392 e. The topological polar surface area (TPSA) is 83.1 Å². The molecule has 0 radical (unpaired) electrons. The molecule has 4 aliphatic carbocycles. The van der Waals surface area contributed by atoms with Gasteiger partial charge >= 0.3 is 6.03 Å². The predicted molar refractivity (Wildman–Crippen MR) is 175 cm³/mol. The number of hydrogen-bond acceptors (Lipinski definition) is 5. The van der Waals surface area contributed by atoms with Gasteiger partial charge in [0.2, 0.25) is 0 Å². The lowest BCUT2D eigenvalue weighted by Gasteiger charge is -2.56. The Morgan fingerprint density at radius 1 is 0.822 bits per heavy atom. The third-order valence-corrected chi connectivity index (χ3v) is 11.6. The van der Waals surface area contributed by atoms with Crippen LogP contribution in [0, 0.1) is 23.7 Å². The summed E-state index contributed by atoms with van der Waals surface area (Å²) in [7, 11) is 0. The molecule has 4 saturated carbocycles. The lowest BCUT2D eigenvalue weighted by Crippen LogP contribution is -2.61. The molecule has 2 aromatic carbocycles. The van der Waals surface area contributed by atoms with Crippen LogP contribution in [0.1, 0.15) is 112 Å². The van der Waals surface area contributed by atoms with Crippen molar-refractivity contribution in [1.29, 1.82) is 0 Å². The second kappa shape index (κ2) is 13.7. The maximum Gasteiger partial charge on any atom is 0.315 e. The normalized spacial score (nSPS) is 35.0. The fourth-order valence-corrected chi connectivity index (χ4v) is 9.60. The highest BCUT2D eigenvalue weighted by Gasteiger charge is 2.51. The van der Waals surface area contributed by atoms with Crippen molar-refractivity contribution in [2.45, 2.75) is 115 Å². The quantitative estimate of drug-likeness (QED) is 0.298. The summed E-state index contributed by atoms with van der Waals surface area (Å²) in [5.74, 6) is 2.61. The second-order valence-electron chi connectivity index (χ2n) is 15.1. The summed E-state index contributed by atoms with van der Waals surface area (Å²) in [4.78, 5) is 15.6. The molecule has 0 aromatic heterocycles. The van der Waals surface area contributed by atoms with Gasteiger partial charge in [0.15, 0.2) is 6.29 Å². The summed E-state index contributed by atoms with van der Waals surface area (Å²) in [5, 5.41) is 16.1. The molecule has 0 unspecified atom stereocenters. The molecule has 4 atom stereocenters. The standard InChI is InChI=1S/C38H53N3O4/c1-26-34(24-41-15-5-3-2-4-6-16-41)44-36(45-35(26)32-11-9-28(25-42)10-12-32)33-13-7-27(8-14-33)23-39-37(43)40-38-20-29-17-30(21-38)19-31(18-29)22-38/h7-14,26,29-31,34-36,42H,2-6,15-25H2,1H3,(H2,39,40,43)/t26-,29?,30?,31?,34+,35+,36+,38?/m0/s1. The van der Waals surface area contributed by atoms with Crippen LogP contribution in [0.2, 0.25) is 0 Å². The Balaban J connectivity index is 1.00. The van der Waals surface area contributed by atoms with E-state index in [0.717, 1.165) is 78.9 Å². The van der Waals surface area contributed by atoms with Crippen LogP contribution in [0.15, 0.2) is 48.5 Å². The van der Waals surface area contributed by atoms with Crippen molar-refractivity contribution >= 4 is 6.03 Å². The van der Waals surface area contributed by atoms with Gasteiger partial charge in [-0.15, -0.1) is 0 Å². The lowest BCUT2D eigenvalue weighted by atomic mass is 9.53. The molecule has 7 nitrogen and oxygen atoms in total. The molecule has 2 heterocycles. The molecule has 244 valence electrons. The molecule has 2 aromatic rings. The van der Waals surface area contributed by atoms with Crippen molar-refractivity contribution < 1.29 is 19.4 Å². The summed E-state index contributed by atoms with van der Waals surface area (Å²) in [6, 6.07) is 16.5. The van der Waals surface area contributed by atoms with Crippen LogP contribution in [0.5, 0.6) is 0 Å². The Kier molecular flexibility index (Phi) is 9.51. The van der Waals surface area contributed by atoms with E-state index in [0.29, 0.717) is 6.54 Å². The lowest BCUT2D eigenvalue weighted by molar-refractivity contribution is -0.276. The number of amides is 2. The van der Waals surface area contributed by atoms with E-state index in [-0.39, 0.29) is 36.3 Å². The SMILES string of the molecule is C[C@H]1[C@@H](CN2CCCCCCC2)O[C@@H](c2ccc(CNC(=O)NC34CC5CC(CC(C5)C3)C4)cc2)O[C@H]1c1ccc(CO)cc1. The molecule has 2 amide bonds. The average molecular weight is 616 g/mol. The van der Waals surface area contributed by atoms with E-state index in [2.05, 4.69) is 58.9 Å². The van der Waals surface area contributed by atoms with Crippen LogP contribution in [0.4, 0.5) is 4.79 Å². The Bertz CT molecular complexity index is 1240. The molecule has 7 heteroatoms. The first-order chi connectivity index (χ1) is 21.9. The smallest absolute Gasteiger partial charge is 0.315 e. The number of aliphatic hydroxyl groups is 1. The van der Waals surface area contributed by atoms with Gasteiger partial charge in [-0.3, -0.25) is 0 Å². The number of urea groups is 1. The highest BCUT2D eigenvalue weighted by atomic mass is 16.7. The van der Waals surface area contributed by atoms with Crippen molar-refractivity contribution in [3.05, 3.63) is 70.8 Å². The second-order valence-corrected chi connectivity index (χ2v) is 15.1. The number of hydrogen-bond donors (Lipinski definition) is 3. The Morgan fingerprint density at radius 2 is 1.40 bits per heavy atom. The van der Waals surface area contributed by atoms with E-state index in [1.165, 1.54) is 51.4 Å². The van der Waals surface area contributed by atoms with E-state index < -0.39 is 6.29 Å². The first-order valence-corrected chi connectivity index (χ1v) is 17.8. The van der Waals surface area contributed by atoms with Gasteiger partial charge in [-0.2, -0.15) is 0 Å². The maximum absolute atomic E-state index is 13.0. The van der Waals surface area contributed by atoms with Crippen LogP contribution >= 0.6 is 0 Å². The highest BCUT2D eigenvalue weighted by molar-refractivity contribution is 5.75. The Morgan fingerprint density at radius 3 is 2.02 bits per heavy atom. The van der Waals surface area contributed by atoms with E-state index in [1.54, 1.807) is 0 Å². The van der Waals surface area contributed by atoms with Crippen molar-refractivity contribution in [3.63, 3.8) is 0 Å². The molecular weight excluding hydrogens is 562 g/mol. The highest BCUT2D eigenvalue weighted by Crippen LogP contribution is 2.55. The number of likely N-dealkylation sites (tertiary alicyclic amines) is 1.